The molecule has 0 bridgehead atoms. The summed E-state index contributed by atoms with van der Waals surface area (Å²) >= 11 is 0. The molecule has 0 aliphatic carbocycles. The fraction of sp³-hybridized carbons (Fsp3) is 0.125. The van der Waals surface area contributed by atoms with Crippen LogP contribution in [0.3, 0.4) is 0 Å². The molecule has 3 nitrogen and oxygen atoms in total. The number of anilines is 1. The monoisotopic (exact) mass is 150 g/mol. The molecule has 0 unspecified atom stereocenters. The van der Waals surface area contributed by atoms with E-state index in [4.69, 9.17) is 6.11 Å². The van der Waals surface area contributed by atoms with Gasteiger partial charge < -0.3 is 10.1 Å². The summed E-state index contributed by atoms with van der Waals surface area (Å²) in [4.78, 5) is 10.9. The molecule has 3 heteroatoms. The fourth-order valence-corrected chi connectivity index (χ4v) is 0.958. The molecule has 0 atom stereocenters. The molecule has 0 aromatic heterocycles. The van der Waals surface area contributed by atoms with Crippen molar-refractivity contribution in [2.24, 2.45) is 0 Å². The Labute approximate surface area is 65.4 Å². The average molecular weight is 150 g/mol. The number of fused-ring (bicyclic) bond motifs is 1. The first-order valence-corrected chi connectivity index (χ1v) is 3.29. The van der Waals surface area contributed by atoms with E-state index in [1.54, 1.807) is 18.2 Å². The standard InChI is InChI=1S/C8H7NO2/c10-8-5-11-7-4-2-1-3-6(7)9-8/h1-4H,5H2,(H,9,10)/i3D. The Morgan fingerprint density at radius 3 is 3.45 bits per heavy atom. The highest BCUT2D eigenvalue weighted by molar-refractivity contribution is 5.95. The van der Waals surface area contributed by atoms with Gasteiger partial charge in [-0.15, -0.1) is 0 Å². The van der Waals surface area contributed by atoms with E-state index in [-0.39, 0.29) is 18.6 Å². The maximum Gasteiger partial charge on any atom is 0.262 e. The summed E-state index contributed by atoms with van der Waals surface area (Å²) in [6.45, 7) is 0.0381. The third-order valence-electron chi connectivity index (χ3n) is 1.44. The summed E-state index contributed by atoms with van der Waals surface area (Å²) in [6, 6.07) is 5.33. The third-order valence-corrected chi connectivity index (χ3v) is 1.44. The van der Waals surface area contributed by atoms with Gasteiger partial charge in [-0.05, 0) is 12.1 Å². The normalized spacial score (nSPS) is 16.0. The lowest BCUT2D eigenvalue weighted by molar-refractivity contribution is -0.118. The number of ether oxygens (including phenoxy) is 1. The van der Waals surface area contributed by atoms with Crippen LogP contribution in [0.5, 0.6) is 5.75 Å². The van der Waals surface area contributed by atoms with Crippen molar-refractivity contribution in [2.45, 2.75) is 0 Å². The van der Waals surface area contributed by atoms with Crippen molar-refractivity contribution in [3.8, 4) is 5.75 Å². The summed E-state index contributed by atoms with van der Waals surface area (Å²) in [5.74, 6) is 0.365. The predicted octanol–water partition coefficient (Wildman–Crippen LogP) is 1.02. The van der Waals surface area contributed by atoms with Crippen LogP contribution >= 0.6 is 0 Å². The van der Waals surface area contributed by atoms with Crippen molar-refractivity contribution in [3.05, 3.63) is 24.2 Å². The number of para-hydroxylation sites is 2. The molecule has 0 fully saturated rings. The maximum atomic E-state index is 10.9. The number of amides is 1. The van der Waals surface area contributed by atoms with Gasteiger partial charge in [0.2, 0.25) is 0 Å². The van der Waals surface area contributed by atoms with Gasteiger partial charge in [-0.1, -0.05) is 12.1 Å². The Morgan fingerprint density at radius 1 is 1.64 bits per heavy atom. The number of hydrogen-bond acceptors (Lipinski definition) is 2. The van der Waals surface area contributed by atoms with E-state index in [9.17, 15) is 4.79 Å². The van der Waals surface area contributed by atoms with Crippen LogP contribution in [0, 0.1) is 0 Å². The van der Waals surface area contributed by atoms with Gasteiger partial charge in [-0.25, -0.2) is 0 Å². The molecule has 1 aromatic rings. The van der Waals surface area contributed by atoms with Gasteiger partial charge in [0.25, 0.3) is 5.91 Å². The first kappa shape index (κ1) is 5.18. The minimum atomic E-state index is -0.206. The minimum absolute atomic E-state index is 0.0381. The van der Waals surface area contributed by atoms with Crippen molar-refractivity contribution in [1.29, 1.82) is 0 Å². The largest absolute Gasteiger partial charge is 0.482 e. The van der Waals surface area contributed by atoms with Crippen molar-refractivity contribution in [3.63, 3.8) is 0 Å². The Bertz CT molecular complexity index is 338. The molecular weight excluding hydrogens is 142 g/mol. The van der Waals surface area contributed by atoms with Crippen LogP contribution in [0.2, 0.25) is 0 Å². The van der Waals surface area contributed by atoms with Crippen molar-refractivity contribution in [1.82, 2.24) is 0 Å². The predicted molar refractivity (Wildman–Crippen MR) is 40.6 cm³/mol. The van der Waals surface area contributed by atoms with E-state index >= 15 is 0 Å². The van der Waals surface area contributed by atoms with E-state index in [2.05, 4.69) is 5.32 Å². The lowest BCUT2D eigenvalue weighted by atomic mass is 10.2. The zero-order valence-corrected chi connectivity index (χ0v) is 5.76. The second kappa shape index (κ2) is 2.27. The first-order valence-electron chi connectivity index (χ1n) is 3.79. The van der Waals surface area contributed by atoms with Crippen LogP contribution in [0.15, 0.2) is 24.2 Å². The number of benzene rings is 1. The van der Waals surface area contributed by atoms with Gasteiger partial charge in [-0.2, -0.15) is 0 Å². The van der Waals surface area contributed by atoms with Crippen LogP contribution in [0.4, 0.5) is 5.69 Å². The topological polar surface area (TPSA) is 38.3 Å². The molecule has 1 amide bonds. The number of rotatable bonds is 0. The summed E-state index contributed by atoms with van der Waals surface area (Å²) in [5, 5.41) is 2.58. The second-order valence-corrected chi connectivity index (χ2v) is 2.25. The lowest BCUT2D eigenvalue weighted by Crippen LogP contribution is -2.25. The molecule has 11 heavy (non-hydrogen) atoms. The van der Waals surface area contributed by atoms with Crippen LogP contribution in [0.25, 0.3) is 0 Å². The second-order valence-electron chi connectivity index (χ2n) is 2.25. The Balaban J connectivity index is 2.50. The van der Waals surface area contributed by atoms with Crippen molar-refractivity contribution >= 4 is 11.6 Å². The highest BCUT2D eigenvalue weighted by Gasteiger charge is 2.13. The molecule has 2 rings (SSSR count). The highest BCUT2D eigenvalue weighted by atomic mass is 16.5. The van der Waals surface area contributed by atoms with E-state index in [1.165, 1.54) is 0 Å². The molecule has 0 saturated heterocycles. The average Bonchev–Trinajstić information content (AvgIpc) is 2.07. The molecule has 1 aromatic carbocycles. The van der Waals surface area contributed by atoms with Crippen LogP contribution in [0.1, 0.15) is 1.37 Å². The van der Waals surface area contributed by atoms with E-state index in [0.29, 0.717) is 11.4 Å². The SMILES string of the molecule is [2H]c1cccc2c1NC(=O)CO2. The molecule has 0 spiro atoms. The zero-order valence-electron chi connectivity index (χ0n) is 6.76. The summed E-state index contributed by atoms with van der Waals surface area (Å²) in [7, 11) is 0. The van der Waals surface area contributed by atoms with Crippen LogP contribution < -0.4 is 10.1 Å². The zero-order chi connectivity index (χ0) is 8.55. The van der Waals surface area contributed by atoms with Crippen molar-refractivity contribution in [2.75, 3.05) is 11.9 Å². The van der Waals surface area contributed by atoms with Crippen molar-refractivity contribution < 1.29 is 10.9 Å². The number of carbonyl (C=O) groups excluding carboxylic acids is 1. The smallest absolute Gasteiger partial charge is 0.262 e. The van der Waals surface area contributed by atoms with Crippen LogP contribution in [-0.4, -0.2) is 12.5 Å². The molecule has 1 N–H and O–H groups in total. The molecule has 0 saturated carbocycles. The summed E-state index contributed by atoms with van der Waals surface area (Å²) in [6.07, 6.45) is 0. The molecule has 56 valence electrons. The Morgan fingerprint density at radius 2 is 2.55 bits per heavy atom. The lowest BCUT2D eigenvalue weighted by Gasteiger charge is -2.16. The van der Waals surface area contributed by atoms with Gasteiger partial charge in [0.1, 0.15) is 5.75 Å². The van der Waals surface area contributed by atoms with Gasteiger partial charge in [0.15, 0.2) is 6.61 Å². The van der Waals surface area contributed by atoms with Gasteiger partial charge >= 0.3 is 0 Å². The molecule has 1 aliphatic heterocycles. The van der Waals surface area contributed by atoms with Gasteiger partial charge in [0.05, 0.1) is 7.06 Å². The summed E-state index contributed by atoms with van der Waals surface area (Å²) < 4.78 is 12.5. The number of hydrogen-bond donors (Lipinski definition) is 1. The van der Waals surface area contributed by atoms with Gasteiger partial charge in [0, 0.05) is 0 Å². The van der Waals surface area contributed by atoms with E-state index in [1.807, 2.05) is 0 Å². The molecular formula is C8H7NO2. The number of nitrogens with one attached hydrogen (secondary N) is 1. The maximum absolute atomic E-state index is 10.9. The first-order chi connectivity index (χ1) is 5.77. The Hall–Kier alpha value is -1.51. The van der Waals surface area contributed by atoms with E-state index in [0.717, 1.165) is 0 Å². The van der Waals surface area contributed by atoms with Crippen LogP contribution in [-0.2, 0) is 4.79 Å². The molecule has 1 heterocycles. The Kier molecular flexibility index (Phi) is 1.07. The van der Waals surface area contributed by atoms with E-state index < -0.39 is 0 Å². The quantitative estimate of drug-likeness (QED) is 0.599. The van der Waals surface area contributed by atoms with Gasteiger partial charge in [-0.3, -0.25) is 4.79 Å². The minimum Gasteiger partial charge on any atom is -0.482 e. The highest BCUT2D eigenvalue weighted by Crippen LogP contribution is 2.25. The molecule has 1 aliphatic rings. The fourth-order valence-electron chi connectivity index (χ4n) is 0.958. The molecule has 0 radical (unpaired) electrons. The number of carbonyl (C=O) groups is 1. The third kappa shape index (κ3) is 1.05. The summed E-state index contributed by atoms with van der Waals surface area (Å²) in [5.41, 5.74) is 0.466.